The minimum Gasteiger partial charge on any atom is -0.480 e. The Balaban J connectivity index is 2.67. The first kappa shape index (κ1) is 22.6. The Bertz CT molecular complexity index is 605. The van der Waals surface area contributed by atoms with Gasteiger partial charge >= 0.3 is 5.97 Å². The van der Waals surface area contributed by atoms with Gasteiger partial charge in [0, 0.05) is 18.3 Å². The lowest BCUT2D eigenvalue weighted by Gasteiger charge is -2.25. The molecule has 10 nitrogen and oxygen atoms in total. The van der Waals surface area contributed by atoms with E-state index in [1.54, 1.807) is 20.0 Å². The van der Waals surface area contributed by atoms with Crippen LogP contribution in [0.15, 0.2) is 12.5 Å². The highest BCUT2D eigenvalue weighted by Gasteiger charge is 2.29. The molecule has 0 saturated carbocycles. The number of unbranched alkanes of at least 4 members (excludes halogenated alkanes) is 1. The molecule has 0 radical (unpaired) electrons. The number of amides is 2. The molecule has 1 heterocycles. The summed E-state index contributed by atoms with van der Waals surface area (Å²) in [5.41, 5.74) is 12.0. The number of nitrogens with zero attached hydrogens (tertiary/aromatic N) is 1. The second-order valence-corrected chi connectivity index (χ2v) is 6.80. The van der Waals surface area contributed by atoms with Gasteiger partial charge in [-0.2, -0.15) is 0 Å². The standard InChI is InChI=1S/C17H30N6O4/c1-10(2)14(16(25)22-13(17(26)27)5-3-4-6-18)23-15(24)12(19)7-11-8-20-9-21-11/h8-10,12-14H,3-7,18-19H2,1-2H3,(H,20,21)(H,22,25)(H,23,24)(H,26,27). The third-order valence-electron chi connectivity index (χ3n) is 4.14. The van der Waals surface area contributed by atoms with Crippen molar-refractivity contribution in [2.45, 2.75) is 57.7 Å². The summed E-state index contributed by atoms with van der Waals surface area (Å²) in [4.78, 5) is 43.0. The molecule has 3 atom stereocenters. The number of rotatable bonds is 12. The first-order valence-electron chi connectivity index (χ1n) is 9.02. The third-order valence-corrected chi connectivity index (χ3v) is 4.14. The largest absolute Gasteiger partial charge is 0.480 e. The molecule has 27 heavy (non-hydrogen) atoms. The van der Waals surface area contributed by atoms with Gasteiger partial charge in [-0.1, -0.05) is 13.8 Å². The van der Waals surface area contributed by atoms with Crippen LogP contribution in [0.4, 0.5) is 0 Å². The topological polar surface area (TPSA) is 176 Å². The molecule has 1 rings (SSSR count). The summed E-state index contributed by atoms with van der Waals surface area (Å²) in [7, 11) is 0. The normalized spacial score (nSPS) is 14.4. The van der Waals surface area contributed by atoms with E-state index in [1.165, 1.54) is 6.33 Å². The Hall–Kier alpha value is -2.46. The summed E-state index contributed by atoms with van der Waals surface area (Å²) >= 11 is 0. The number of H-pyrrole nitrogens is 1. The summed E-state index contributed by atoms with van der Waals surface area (Å²) < 4.78 is 0. The van der Waals surface area contributed by atoms with Gasteiger partial charge in [0.2, 0.25) is 11.8 Å². The van der Waals surface area contributed by atoms with Crippen LogP contribution >= 0.6 is 0 Å². The molecule has 0 aliphatic rings. The van der Waals surface area contributed by atoms with Crippen LogP contribution in [-0.4, -0.2) is 57.5 Å². The number of hydrogen-bond acceptors (Lipinski definition) is 6. The van der Waals surface area contributed by atoms with Crippen LogP contribution < -0.4 is 22.1 Å². The van der Waals surface area contributed by atoms with Crippen LogP contribution in [0, 0.1) is 5.92 Å². The highest BCUT2D eigenvalue weighted by Crippen LogP contribution is 2.07. The van der Waals surface area contributed by atoms with Gasteiger partial charge in [-0.3, -0.25) is 9.59 Å². The van der Waals surface area contributed by atoms with Crippen LogP contribution in [0.5, 0.6) is 0 Å². The van der Waals surface area contributed by atoms with Gasteiger partial charge in [-0.25, -0.2) is 9.78 Å². The van der Waals surface area contributed by atoms with E-state index in [4.69, 9.17) is 11.5 Å². The predicted molar refractivity (Wildman–Crippen MR) is 99.5 cm³/mol. The molecule has 1 aromatic rings. The maximum Gasteiger partial charge on any atom is 0.326 e. The van der Waals surface area contributed by atoms with Crippen molar-refractivity contribution in [3.05, 3.63) is 18.2 Å². The van der Waals surface area contributed by atoms with Gasteiger partial charge < -0.3 is 32.2 Å². The maximum atomic E-state index is 12.5. The van der Waals surface area contributed by atoms with E-state index < -0.39 is 35.9 Å². The highest BCUT2D eigenvalue weighted by molar-refractivity contribution is 5.92. The van der Waals surface area contributed by atoms with E-state index in [2.05, 4.69) is 20.6 Å². The summed E-state index contributed by atoms with van der Waals surface area (Å²) in [6.45, 7) is 3.98. The number of aliphatic carboxylic acids is 1. The zero-order valence-corrected chi connectivity index (χ0v) is 15.8. The van der Waals surface area contributed by atoms with Crippen molar-refractivity contribution < 1.29 is 19.5 Å². The average molecular weight is 382 g/mol. The van der Waals surface area contributed by atoms with Crippen molar-refractivity contribution in [2.24, 2.45) is 17.4 Å². The van der Waals surface area contributed by atoms with Crippen molar-refractivity contribution in [2.75, 3.05) is 6.54 Å². The SMILES string of the molecule is CC(C)C(NC(=O)C(N)Cc1cnc[nH]1)C(=O)NC(CCCCN)C(=O)O. The molecular formula is C17H30N6O4. The van der Waals surface area contributed by atoms with Crippen molar-refractivity contribution in [3.63, 3.8) is 0 Å². The summed E-state index contributed by atoms with van der Waals surface area (Å²) in [6.07, 6.45) is 4.83. The quantitative estimate of drug-likeness (QED) is 0.254. The van der Waals surface area contributed by atoms with Gasteiger partial charge in [-0.05, 0) is 31.7 Å². The number of carbonyl (C=O) groups excluding carboxylic acids is 2. The molecule has 0 aliphatic carbocycles. The van der Waals surface area contributed by atoms with Crippen LogP contribution in [0.1, 0.15) is 38.8 Å². The molecule has 0 aromatic carbocycles. The minimum absolute atomic E-state index is 0.244. The Kier molecular flexibility index (Phi) is 9.45. The molecular weight excluding hydrogens is 352 g/mol. The lowest BCUT2D eigenvalue weighted by molar-refractivity contribution is -0.142. The number of imidazole rings is 1. The molecule has 10 heteroatoms. The van der Waals surface area contributed by atoms with Gasteiger partial charge in [-0.15, -0.1) is 0 Å². The number of carboxylic acid groups (broad SMARTS) is 1. The second-order valence-electron chi connectivity index (χ2n) is 6.80. The highest BCUT2D eigenvalue weighted by atomic mass is 16.4. The molecule has 8 N–H and O–H groups in total. The smallest absolute Gasteiger partial charge is 0.326 e. The number of hydrogen-bond donors (Lipinski definition) is 6. The van der Waals surface area contributed by atoms with Crippen molar-refractivity contribution >= 4 is 17.8 Å². The first-order valence-corrected chi connectivity index (χ1v) is 9.02. The summed E-state index contributed by atoms with van der Waals surface area (Å²) in [5, 5.41) is 14.4. The molecule has 152 valence electrons. The third kappa shape index (κ3) is 7.75. The van der Waals surface area contributed by atoms with Crippen LogP contribution in [0.2, 0.25) is 0 Å². The predicted octanol–water partition coefficient (Wildman–Crippen LogP) is -0.881. The zero-order valence-electron chi connectivity index (χ0n) is 15.8. The van der Waals surface area contributed by atoms with E-state index in [1.807, 2.05) is 0 Å². The van der Waals surface area contributed by atoms with Crippen molar-refractivity contribution in [1.82, 2.24) is 20.6 Å². The lowest BCUT2D eigenvalue weighted by atomic mass is 10.0. The number of carbonyl (C=O) groups is 3. The van der Waals surface area contributed by atoms with E-state index >= 15 is 0 Å². The number of aromatic amines is 1. The zero-order chi connectivity index (χ0) is 20.4. The van der Waals surface area contributed by atoms with Crippen LogP contribution in [-0.2, 0) is 20.8 Å². The van der Waals surface area contributed by atoms with E-state index in [0.29, 0.717) is 25.1 Å². The fourth-order valence-corrected chi connectivity index (χ4v) is 2.53. The van der Waals surface area contributed by atoms with Crippen LogP contribution in [0.3, 0.4) is 0 Å². The number of nitrogens with two attached hydrogens (primary N) is 2. The Morgan fingerprint density at radius 3 is 2.44 bits per heavy atom. The summed E-state index contributed by atoms with van der Waals surface area (Å²) in [6, 6.07) is -2.78. The van der Waals surface area contributed by atoms with Gasteiger partial charge in [0.1, 0.15) is 12.1 Å². The molecule has 1 aromatic heterocycles. The molecule has 0 aliphatic heterocycles. The number of aromatic nitrogens is 2. The second kappa shape index (κ2) is 11.3. The van der Waals surface area contributed by atoms with E-state index in [9.17, 15) is 19.5 Å². The molecule has 0 fully saturated rings. The number of carboxylic acids is 1. The number of nitrogens with one attached hydrogen (secondary N) is 3. The fourth-order valence-electron chi connectivity index (χ4n) is 2.53. The van der Waals surface area contributed by atoms with Crippen LogP contribution in [0.25, 0.3) is 0 Å². The molecule has 0 saturated heterocycles. The summed E-state index contributed by atoms with van der Waals surface area (Å²) in [5.74, 6) is -2.40. The Labute approximate surface area is 158 Å². The molecule has 2 amide bonds. The lowest BCUT2D eigenvalue weighted by Crippen LogP contribution is -2.56. The maximum absolute atomic E-state index is 12.5. The molecule has 0 bridgehead atoms. The first-order chi connectivity index (χ1) is 12.8. The Morgan fingerprint density at radius 2 is 1.93 bits per heavy atom. The van der Waals surface area contributed by atoms with Crippen molar-refractivity contribution in [3.8, 4) is 0 Å². The fraction of sp³-hybridized carbons (Fsp3) is 0.647. The van der Waals surface area contributed by atoms with Gasteiger partial charge in [0.25, 0.3) is 0 Å². The van der Waals surface area contributed by atoms with Gasteiger partial charge in [0.05, 0.1) is 12.4 Å². The minimum atomic E-state index is -1.12. The van der Waals surface area contributed by atoms with E-state index in [-0.39, 0.29) is 18.8 Å². The van der Waals surface area contributed by atoms with E-state index in [0.717, 1.165) is 0 Å². The van der Waals surface area contributed by atoms with Gasteiger partial charge in [0.15, 0.2) is 0 Å². The van der Waals surface area contributed by atoms with Crippen molar-refractivity contribution in [1.29, 1.82) is 0 Å². The Morgan fingerprint density at radius 1 is 1.22 bits per heavy atom. The molecule has 3 unspecified atom stereocenters. The monoisotopic (exact) mass is 382 g/mol. The average Bonchev–Trinajstić information content (AvgIpc) is 3.10. The molecule has 0 spiro atoms.